The summed E-state index contributed by atoms with van der Waals surface area (Å²) < 4.78 is 10.7. The Hall–Kier alpha value is -2.05. The molecule has 0 saturated carbocycles. The van der Waals surface area contributed by atoms with Crippen LogP contribution in [0, 0.1) is 0 Å². The molecule has 2 N–H and O–H groups in total. The molecule has 0 radical (unpaired) electrons. The van der Waals surface area contributed by atoms with E-state index in [4.69, 9.17) is 15.2 Å². The fourth-order valence-corrected chi connectivity index (χ4v) is 1.17. The molecule has 0 saturated heterocycles. The number of hydrogen-bond donors (Lipinski definition) is 1. The van der Waals surface area contributed by atoms with Crippen molar-refractivity contribution in [2.45, 2.75) is 33.3 Å². The molecule has 0 atom stereocenters. The standard InChI is InChI=1S/C11H17N3O4/c1-5-17-9(15)7-6-13-14(8(7)12)10(16)18-11(2,3)4/h6H,5,12H2,1-4H3. The third-order valence-electron chi connectivity index (χ3n) is 1.87. The van der Waals surface area contributed by atoms with Crippen LogP contribution in [0.3, 0.4) is 0 Å². The van der Waals surface area contributed by atoms with Crippen molar-refractivity contribution in [3.8, 4) is 0 Å². The van der Waals surface area contributed by atoms with E-state index in [1.165, 1.54) is 6.20 Å². The molecule has 0 fully saturated rings. The zero-order valence-electron chi connectivity index (χ0n) is 10.9. The van der Waals surface area contributed by atoms with Gasteiger partial charge < -0.3 is 15.2 Å². The number of carbonyl (C=O) groups excluding carboxylic acids is 2. The second-order valence-electron chi connectivity index (χ2n) is 4.56. The third-order valence-corrected chi connectivity index (χ3v) is 1.87. The van der Waals surface area contributed by atoms with Crippen LogP contribution in [0.1, 0.15) is 38.1 Å². The van der Waals surface area contributed by atoms with Gasteiger partial charge in [0.2, 0.25) is 0 Å². The molecule has 1 rings (SSSR count). The number of carbonyl (C=O) groups is 2. The molecule has 0 aromatic carbocycles. The van der Waals surface area contributed by atoms with E-state index >= 15 is 0 Å². The van der Waals surface area contributed by atoms with Crippen LogP contribution in [0.25, 0.3) is 0 Å². The fourth-order valence-electron chi connectivity index (χ4n) is 1.17. The van der Waals surface area contributed by atoms with Crippen LogP contribution in [0.15, 0.2) is 6.20 Å². The number of nitrogens with two attached hydrogens (primary N) is 1. The Balaban J connectivity index is 2.93. The van der Waals surface area contributed by atoms with Crippen molar-refractivity contribution in [3.05, 3.63) is 11.8 Å². The first kappa shape index (κ1) is 14.0. The summed E-state index contributed by atoms with van der Waals surface area (Å²) >= 11 is 0. The number of nitrogen functional groups attached to an aromatic ring is 1. The third kappa shape index (κ3) is 3.22. The van der Waals surface area contributed by atoms with Crippen molar-refractivity contribution >= 4 is 17.9 Å². The van der Waals surface area contributed by atoms with Gasteiger partial charge in [-0.05, 0) is 27.7 Å². The van der Waals surface area contributed by atoms with E-state index in [-0.39, 0.29) is 18.0 Å². The molecular weight excluding hydrogens is 238 g/mol. The summed E-state index contributed by atoms with van der Waals surface area (Å²) in [7, 11) is 0. The van der Waals surface area contributed by atoms with E-state index < -0.39 is 17.7 Å². The summed E-state index contributed by atoms with van der Waals surface area (Å²) in [6, 6.07) is 0. The molecule has 1 aromatic heterocycles. The quantitative estimate of drug-likeness (QED) is 0.803. The van der Waals surface area contributed by atoms with Gasteiger partial charge >= 0.3 is 12.1 Å². The van der Waals surface area contributed by atoms with E-state index in [0.717, 1.165) is 4.68 Å². The highest BCUT2D eigenvalue weighted by molar-refractivity contribution is 5.95. The van der Waals surface area contributed by atoms with Crippen LogP contribution in [-0.4, -0.2) is 34.1 Å². The van der Waals surface area contributed by atoms with Gasteiger partial charge in [0, 0.05) is 0 Å². The van der Waals surface area contributed by atoms with Crippen molar-refractivity contribution in [1.29, 1.82) is 0 Å². The maximum atomic E-state index is 11.7. The van der Waals surface area contributed by atoms with Gasteiger partial charge in [-0.15, -0.1) is 4.68 Å². The highest BCUT2D eigenvalue weighted by atomic mass is 16.6. The van der Waals surface area contributed by atoms with Gasteiger partial charge in [0.1, 0.15) is 17.0 Å². The molecule has 0 unspecified atom stereocenters. The minimum atomic E-state index is -0.740. The Labute approximate surface area is 105 Å². The van der Waals surface area contributed by atoms with Crippen LogP contribution >= 0.6 is 0 Å². The predicted molar refractivity (Wildman–Crippen MR) is 64.2 cm³/mol. The second kappa shape index (κ2) is 5.07. The van der Waals surface area contributed by atoms with Gasteiger partial charge in [0.15, 0.2) is 0 Å². The number of nitrogens with zero attached hydrogens (tertiary/aromatic N) is 2. The highest BCUT2D eigenvalue weighted by Gasteiger charge is 2.24. The average Bonchev–Trinajstić information content (AvgIpc) is 2.57. The summed E-state index contributed by atoms with van der Waals surface area (Å²) in [6.07, 6.45) is 0.438. The Morgan fingerprint density at radius 2 is 2.06 bits per heavy atom. The first-order chi connectivity index (χ1) is 8.26. The summed E-state index contributed by atoms with van der Waals surface area (Å²) in [4.78, 5) is 23.2. The number of rotatable bonds is 2. The lowest BCUT2D eigenvalue weighted by Crippen LogP contribution is -2.28. The summed E-state index contributed by atoms with van der Waals surface area (Å²) in [5, 5.41) is 3.72. The molecule has 0 aliphatic carbocycles. The van der Waals surface area contributed by atoms with Crippen molar-refractivity contribution in [2.24, 2.45) is 0 Å². The van der Waals surface area contributed by atoms with Crippen molar-refractivity contribution in [2.75, 3.05) is 12.3 Å². The Morgan fingerprint density at radius 1 is 1.44 bits per heavy atom. The minimum absolute atomic E-state index is 0.0442. The number of anilines is 1. The number of esters is 1. The lowest BCUT2D eigenvalue weighted by molar-refractivity contribution is 0.0519. The lowest BCUT2D eigenvalue weighted by atomic mass is 10.2. The van der Waals surface area contributed by atoms with E-state index in [1.54, 1.807) is 27.7 Å². The maximum Gasteiger partial charge on any atom is 0.437 e. The van der Waals surface area contributed by atoms with Crippen molar-refractivity contribution < 1.29 is 19.1 Å². The number of ether oxygens (including phenoxy) is 2. The monoisotopic (exact) mass is 255 g/mol. The molecule has 100 valence electrons. The fraction of sp³-hybridized carbons (Fsp3) is 0.545. The van der Waals surface area contributed by atoms with E-state index in [9.17, 15) is 9.59 Å². The Morgan fingerprint density at radius 3 is 2.56 bits per heavy atom. The molecule has 1 heterocycles. The van der Waals surface area contributed by atoms with Gasteiger partial charge in [-0.3, -0.25) is 0 Å². The van der Waals surface area contributed by atoms with Crippen molar-refractivity contribution in [3.63, 3.8) is 0 Å². The summed E-state index contributed by atoms with van der Waals surface area (Å²) in [5.41, 5.74) is 5.03. The first-order valence-corrected chi connectivity index (χ1v) is 5.50. The molecule has 1 aromatic rings. The molecule has 7 nitrogen and oxygen atoms in total. The van der Waals surface area contributed by atoms with E-state index in [2.05, 4.69) is 5.10 Å². The van der Waals surface area contributed by atoms with E-state index in [1.807, 2.05) is 0 Å². The highest BCUT2D eigenvalue weighted by Crippen LogP contribution is 2.15. The van der Waals surface area contributed by atoms with Crippen LogP contribution in [0.5, 0.6) is 0 Å². The van der Waals surface area contributed by atoms with Gasteiger partial charge in [0.05, 0.1) is 12.8 Å². The molecule has 0 aliphatic heterocycles. The summed E-state index contributed by atoms with van der Waals surface area (Å²) in [5.74, 6) is -0.715. The maximum absolute atomic E-state index is 11.7. The lowest BCUT2D eigenvalue weighted by Gasteiger charge is -2.19. The smallest absolute Gasteiger partial charge is 0.437 e. The molecule has 0 spiro atoms. The molecule has 0 bridgehead atoms. The molecule has 0 aliphatic rings. The molecule has 7 heteroatoms. The zero-order chi connectivity index (χ0) is 13.9. The number of hydrogen-bond acceptors (Lipinski definition) is 6. The summed E-state index contributed by atoms with van der Waals surface area (Å²) in [6.45, 7) is 7.05. The van der Waals surface area contributed by atoms with Gasteiger partial charge in [-0.2, -0.15) is 5.10 Å². The Kier molecular flexibility index (Phi) is 3.95. The average molecular weight is 255 g/mol. The van der Waals surface area contributed by atoms with Crippen LogP contribution < -0.4 is 5.73 Å². The largest absolute Gasteiger partial charge is 0.462 e. The van der Waals surface area contributed by atoms with Gasteiger partial charge in [-0.25, -0.2) is 9.59 Å². The second-order valence-corrected chi connectivity index (χ2v) is 4.56. The van der Waals surface area contributed by atoms with Crippen LogP contribution in [-0.2, 0) is 9.47 Å². The predicted octanol–water partition coefficient (Wildman–Crippen LogP) is 1.43. The van der Waals surface area contributed by atoms with E-state index in [0.29, 0.717) is 0 Å². The molecule has 0 amide bonds. The van der Waals surface area contributed by atoms with Gasteiger partial charge in [0.25, 0.3) is 0 Å². The topological polar surface area (TPSA) is 96.4 Å². The molecule has 18 heavy (non-hydrogen) atoms. The van der Waals surface area contributed by atoms with Gasteiger partial charge in [-0.1, -0.05) is 0 Å². The number of aromatic nitrogens is 2. The van der Waals surface area contributed by atoms with Crippen LogP contribution in [0.2, 0.25) is 0 Å². The molecular formula is C11H17N3O4. The first-order valence-electron chi connectivity index (χ1n) is 5.50. The Bertz CT molecular complexity index is 459. The van der Waals surface area contributed by atoms with Crippen LogP contribution in [0.4, 0.5) is 10.6 Å². The zero-order valence-corrected chi connectivity index (χ0v) is 10.9. The normalized spacial score (nSPS) is 11.1. The SMILES string of the molecule is CCOC(=O)c1cnn(C(=O)OC(C)(C)C)c1N. The minimum Gasteiger partial charge on any atom is -0.462 e. The van der Waals surface area contributed by atoms with Crippen molar-refractivity contribution in [1.82, 2.24) is 9.78 Å².